The van der Waals surface area contributed by atoms with Gasteiger partial charge in [-0.2, -0.15) is 0 Å². The second kappa shape index (κ2) is 7.48. The van der Waals surface area contributed by atoms with Crippen molar-refractivity contribution >= 4 is 40.5 Å². The van der Waals surface area contributed by atoms with Gasteiger partial charge >= 0.3 is 0 Å². The van der Waals surface area contributed by atoms with Crippen molar-refractivity contribution in [3.8, 4) is 0 Å². The topological polar surface area (TPSA) is 44.4 Å². The van der Waals surface area contributed by atoms with Crippen LogP contribution in [-0.2, 0) is 4.79 Å². The Labute approximate surface area is 163 Å². The molecule has 26 heavy (non-hydrogen) atoms. The third kappa shape index (κ3) is 3.59. The van der Waals surface area contributed by atoms with Gasteiger partial charge in [-0.3, -0.25) is 4.79 Å². The number of rotatable bonds is 3. The van der Waals surface area contributed by atoms with Crippen molar-refractivity contribution in [2.24, 2.45) is 0 Å². The number of halogens is 1. The summed E-state index contributed by atoms with van der Waals surface area (Å²) >= 11 is 11.4. The fourth-order valence-electron chi connectivity index (χ4n) is 2.94. The maximum absolute atomic E-state index is 13.1. The summed E-state index contributed by atoms with van der Waals surface area (Å²) in [5.41, 5.74) is 4.18. The van der Waals surface area contributed by atoms with E-state index in [0.717, 1.165) is 22.5 Å². The Balaban J connectivity index is 2.01. The minimum atomic E-state index is -0.333. The lowest BCUT2D eigenvalue weighted by Crippen LogP contribution is -2.46. The van der Waals surface area contributed by atoms with Gasteiger partial charge in [0, 0.05) is 23.5 Å². The highest BCUT2D eigenvalue weighted by Crippen LogP contribution is 2.31. The number of aryl methyl sites for hydroxylation is 1. The molecule has 0 aromatic heterocycles. The molecule has 0 aliphatic carbocycles. The smallest absolute Gasteiger partial charge is 0.255 e. The lowest BCUT2D eigenvalue weighted by Gasteiger charge is -2.35. The van der Waals surface area contributed by atoms with E-state index in [4.69, 9.17) is 23.8 Å². The number of allylic oxidation sites excluding steroid dienone is 1. The van der Waals surface area contributed by atoms with E-state index in [1.807, 2.05) is 74.3 Å². The van der Waals surface area contributed by atoms with Crippen LogP contribution in [0.2, 0.25) is 5.02 Å². The summed E-state index contributed by atoms with van der Waals surface area (Å²) in [7, 11) is 1.85. The first-order chi connectivity index (χ1) is 12.4. The minimum Gasteiger partial charge on any atom is -0.351 e. The molecule has 1 amide bonds. The summed E-state index contributed by atoms with van der Waals surface area (Å²) in [6, 6.07) is 14.8. The third-order valence-electron chi connectivity index (χ3n) is 4.60. The van der Waals surface area contributed by atoms with Crippen LogP contribution in [0.1, 0.15) is 24.1 Å². The molecule has 3 rings (SSSR count). The molecule has 134 valence electrons. The molecule has 0 spiro atoms. The molecule has 1 atom stereocenters. The van der Waals surface area contributed by atoms with E-state index in [1.54, 1.807) is 0 Å². The van der Waals surface area contributed by atoms with E-state index in [0.29, 0.717) is 15.7 Å². The Morgan fingerprint density at radius 1 is 1.15 bits per heavy atom. The van der Waals surface area contributed by atoms with Gasteiger partial charge in [-0.1, -0.05) is 41.9 Å². The first-order valence-corrected chi connectivity index (χ1v) is 9.04. The summed E-state index contributed by atoms with van der Waals surface area (Å²) in [6.45, 7) is 3.87. The second-order valence-corrected chi connectivity index (χ2v) is 7.08. The van der Waals surface area contributed by atoms with Gasteiger partial charge in [0.1, 0.15) is 0 Å². The van der Waals surface area contributed by atoms with Gasteiger partial charge in [-0.15, -0.1) is 0 Å². The summed E-state index contributed by atoms with van der Waals surface area (Å²) < 4.78 is 0. The highest BCUT2D eigenvalue weighted by molar-refractivity contribution is 7.80. The molecule has 1 unspecified atom stereocenters. The van der Waals surface area contributed by atoms with Crippen LogP contribution in [0.5, 0.6) is 0 Å². The Morgan fingerprint density at radius 3 is 2.46 bits per heavy atom. The van der Waals surface area contributed by atoms with Gasteiger partial charge in [-0.25, -0.2) is 0 Å². The number of hydrogen-bond donors (Lipinski definition) is 2. The van der Waals surface area contributed by atoms with E-state index >= 15 is 0 Å². The zero-order valence-electron chi connectivity index (χ0n) is 14.8. The fourth-order valence-corrected chi connectivity index (χ4v) is 3.32. The number of para-hydroxylation sites is 1. The molecule has 2 aromatic carbocycles. The standard InChI is InChI=1S/C20H20ClN3OS/c1-12-6-4-5-7-16(12)22-19(25)17-13(2)24(3)20(26)23-18(17)14-8-10-15(21)11-9-14/h4-11,18H,1-3H3,(H,22,25)(H,23,26). The number of thiocarbonyl (C=S) groups is 1. The van der Waals surface area contributed by atoms with Crippen molar-refractivity contribution in [1.82, 2.24) is 10.2 Å². The van der Waals surface area contributed by atoms with E-state index in [9.17, 15) is 4.79 Å². The first kappa shape index (κ1) is 18.4. The first-order valence-electron chi connectivity index (χ1n) is 8.26. The van der Waals surface area contributed by atoms with E-state index in [2.05, 4.69) is 10.6 Å². The number of hydrogen-bond acceptors (Lipinski definition) is 2. The predicted octanol–water partition coefficient (Wildman–Crippen LogP) is 4.42. The molecule has 0 fully saturated rings. The van der Waals surface area contributed by atoms with Crippen LogP contribution in [-0.4, -0.2) is 23.0 Å². The molecule has 6 heteroatoms. The number of anilines is 1. The predicted molar refractivity (Wildman–Crippen MR) is 110 cm³/mol. The van der Waals surface area contributed by atoms with Gasteiger partial charge in [0.2, 0.25) is 0 Å². The molecule has 1 aliphatic rings. The highest BCUT2D eigenvalue weighted by atomic mass is 35.5. The van der Waals surface area contributed by atoms with E-state index < -0.39 is 0 Å². The molecule has 0 saturated carbocycles. The maximum Gasteiger partial charge on any atom is 0.255 e. The Morgan fingerprint density at radius 2 is 1.81 bits per heavy atom. The SMILES string of the molecule is CC1=C(C(=O)Nc2ccccc2C)C(c2ccc(Cl)cc2)NC(=S)N1C. The van der Waals surface area contributed by atoms with Crippen LogP contribution in [0.25, 0.3) is 0 Å². The molecule has 0 bridgehead atoms. The monoisotopic (exact) mass is 385 g/mol. The third-order valence-corrected chi connectivity index (χ3v) is 5.24. The van der Waals surface area contributed by atoms with Crippen LogP contribution in [0, 0.1) is 6.92 Å². The lowest BCUT2D eigenvalue weighted by atomic mass is 9.94. The van der Waals surface area contributed by atoms with Crippen molar-refractivity contribution in [3.05, 3.63) is 76.0 Å². The Hall–Kier alpha value is -2.37. The van der Waals surface area contributed by atoms with Gasteiger partial charge in [0.25, 0.3) is 5.91 Å². The Kier molecular flexibility index (Phi) is 5.30. The van der Waals surface area contributed by atoms with Crippen molar-refractivity contribution in [1.29, 1.82) is 0 Å². The second-order valence-electron chi connectivity index (χ2n) is 6.26. The summed E-state index contributed by atoms with van der Waals surface area (Å²) in [5.74, 6) is -0.154. The molecule has 0 saturated heterocycles. The number of benzene rings is 2. The summed E-state index contributed by atoms with van der Waals surface area (Å²) in [5, 5.41) is 7.51. The fraction of sp³-hybridized carbons (Fsp3) is 0.200. The number of carbonyl (C=O) groups excluding carboxylic acids is 1. The molecular formula is C20H20ClN3OS. The van der Waals surface area contributed by atoms with E-state index in [1.165, 1.54) is 0 Å². The van der Waals surface area contributed by atoms with Crippen LogP contribution >= 0.6 is 23.8 Å². The zero-order chi connectivity index (χ0) is 18.8. The van der Waals surface area contributed by atoms with Crippen LogP contribution < -0.4 is 10.6 Å². The molecule has 2 aromatic rings. The molecule has 1 aliphatic heterocycles. The van der Waals surface area contributed by atoms with Crippen molar-refractivity contribution in [2.75, 3.05) is 12.4 Å². The number of amides is 1. The van der Waals surface area contributed by atoms with Crippen LogP contribution in [0.3, 0.4) is 0 Å². The average Bonchev–Trinajstić information content (AvgIpc) is 2.62. The summed E-state index contributed by atoms with van der Waals surface area (Å²) in [4.78, 5) is 14.9. The van der Waals surface area contributed by atoms with Crippen LogP contribution in [0.15, 0.2) is 59.8 Å². The maximum atomic E-state index is 13.1. The van der Waals surface area contributed by atoms with Gasteiger partial charge in [0.15, 0.2) is 5.11 Å². The number of nitrogens with zero attached hydrogens (tertiary/aromatic N) is 1. The quantitative estimate of drug-likeness (QED) is 0.767. The number of carbonyl (C=O) groups is 1. The molecule has 2 N–H and O–H groups in total. The normalized spacial score (nSPS) is 17.2. The summed E-state index contributed by atoms with van der Waals surface area (Å²) in [6.07, 6.45) is 0. The van der Waals surface area contributed by atoms with Crippen molar-refractivity contribution in [2.45, 2.75) is 19.9 Å². The molecule has 1 heterocycles. The van der Waals surface area contributed by atoms with Crippen molar-refractivity contribution in [3.63, 3.8) is 0 Å². The van der Waals surface area contributed by atoms with Crippen LogP contribution in [0.4, 0.5) is 5.69 Å². The van der Waals surface area contributed by atoms with Gasteiger partial charge in [-0.05, 0) is 55.4 Å². The largest absolute Gasteiger partial charge is 0.351 e. The lowest BCUT2D eigenvalue weighted by molar-refractivity contribution is -0.113. The molecular weight excluding hydrogens is 366 g/mol. The highest BCUT2D eigenvalue weighted by Gasteiger charge is 2.32. The number of nitrogens with one attached hydrogen (secondary N) is 2. The molecule has 4 nitrogen and oxygen atoms in total. The Bertz CT molecular complexity index is 892. The van der Waals surface area contributed by atoms with Crippen molar-refractivity contribution < 1.29 is 4.79 Å². The average molecular weight is 386 g/mol. The van der Waals surface area contributed by atoms with E-state index in [-0.39, 0.29) is 11.9 Å². The zero-order valence-corrected chi connectivity index (χ0v) is 16.4. The molecule has 0 radical (unpaired) electrons. The minimum absolute atomic E-state index is 0.154. The van der Waals surface area contributed by atoms with Gasteiger partial charge in [0.05, 0.1) is 11.6 Å². The van der Waals surface area contributed by atoms with Gasteiger partial charge < -0.3 is 15.5 Å².